The summed E-state index contributed by atoms with van der Waals surface area (Å²) in [4.78, 5) is 8.97. The van der Waals surface area contributed by atoms with Crippen LogP contribution in [0.3, 0.4) is 0 Å². The Kier molecular flexibility index (Phi) is 3.16. The summed E-state index contributed by atoms with van der Waals surface area (Å²) in [5.74, 6) is 3.85. The first kappa shape index (κ1) is 11.8. The van der Waals surface area contributed by atoms with Crippen molar-refractivity contribution in [2.45, 2.75) is 26.3 Å². The molecule has 1 saturated heterocycles. The van der Waals surface area contributed by atoms with Gasteiger partial charge in [0.25, 0.3) is 0 Å². The van der Waals surface area contributed by atoms with Gasteiger partial charge in [0, 0.05) is 12.2 Å². The second kappa shape index (κ2) is 4.80. The molecule has 0 saturated carbocycles. The van der Waals surface area contributed by atoms with Crippen LogP contribution < -0.4 is 5.73 Å². The Bertz CT molecular complexity index is 557. The zero-order valence-electron chi connectivity index (χ0n) is 10.6. The minimum Gasteiger partial charge on any atom is -0.369 e. The van der Waals surface area contributed by atoms with Gasteiger partial charge in [0.2, 0.25) is 5.95 Å². The van der Waals surface area contributed by atoms with Crippen molar-refractivity contribution in [3.63, 3.8) is 0 Å². The van der Waals surface area contributed by atoms with Crippen molar-refractivity contribution >= 4 is 28.9 Å². The average molecular weight is 262 g/mol. The summed E-state index contributed by atoms with van der Waals surface area (Å²) in [6.45, 7) is 2.96. The van der Waals surface area contributed by atoms with Gasteiger partial charge in [-0.15, -0.1) is 0 Å². The molecule has 18 heavy (non-hydrogen) atoms. The molecule has 1 aliphatic rings. The third kappa shape index (κ3) is 2.19. The van der Waals surface area contributed by atoms with E-state index < -0.39 is 0 Å². The Balaban J connectivity index is 1.94. The topological polar surface area (TPSA) is 56.7 Å². The number of hydrogen-bond donors (Lipinski definition) is 1. The van der Waals surface area contributed by atoms with E-state index in [1.54, 1.807) is 0 Å². The van der Waals surface area contributed by atoms with E-state index in [1.807, 2.05) is 30.8 Å². The van der Waals surface area contributed by atoms with Crippen LogP contribution in [0, 0.1) is 12.8 Å². The fraction of sp³-hybridized carbons (Fsp3) is 0.538. The minimum atomic E-state index is 0.598. The molecule has 4 nitrogen and oxygen atoms in total. The quantitative estimate of drug-likeness (QED) is 0.903. The molecule has 0 amide bonds. The van der Waals surface area contributed by atoms with Gasteiger partial charge in [-0.05, 0) is 49.3 Å². The summed E-state index contributed by atoms with van der Waals surface area (Å²) in [6, 6.07) is 3.98. The molecule has 2 aromatic rings. The Labute approximate surface area is 111 Å². The Morgan fingerprint density at radius 3 is 2.89 bits per heavy atom. The van der Waals surface area contributed by atoms with E-state index in [0.717, 1.165) is 23.4 Å². The third-order valence-corrected chi connectivity index (χ3v) is 4.59. The summed E-state index contributed by atoms with van der Waals surface area (Å²) >= 11 is 2.05. The molecule has 0 bridgehead atoms. The number of fused-ring (bicyclic) bond motifs is 1. The smallest absolute Gasteiger partial charge is 0.202 e. The lowest BCUT2D eigenvalue weighted by Crippen LogP contribution is -2.17. The standard InChI is InChI=1S/C13H18N4S/c1-9-2-3-11-12(15-9)17(13(14)16-11)8-10-4-6-18-7-5-10/h2-3,10H,4-8H2,1H3,(H2,14,16). The molecule has 0 aliphatic carbocycles. The van der Waals surface area contributed by atoms with Crippen LogP contribution in [-0.2, 0) is 6.54 Å². The highest BCUT2D eigenvalue weighted by Crippen LogP contribution is 2.26. The number of nitrogens with zero attached hydrogens (tertiary/aromatic N) is 3. The number of rotatable bonds is 2. The second-order valence-electron chi connectivity index (χ2n) is 4.93. The van der Waals surface area contributed by atoms with Gasteiger partial charge in [0.05, 0.1) is 0 Å². The summed E-state index contributed by atoms with van der Waals surface area (Å²) in [5, 5.41) is 0. The monoisotopic (exact) mass is 262 g/mol. The molecule has 96 valence electrons. The summed E-state index contributed by atoms with van der Waals surface area (Å²) < 4.78 is 2.09. The maximum absolute atomic E-state index is 6.03. The number of nitrogens with two attached hydrogens (primary N) is 1. The van der Waals surface area contributed by atoms with Crippen LogP contribution in [0.25, 0.3) is 11.2 Å². The lowest BCUT2D eigenvalue weighted by atomic mass is 10.0. The molecule has 3 heterocycles. The van der Waals surface area contributed by atoms with Crippen molar-refractivity contribution in [3.05, 3.63) is 17.8 Å². The molecule has 0 spiro atoms. The number of aryl methyl sites for hydroxylation is 1. The first-order valence-corrected chi connectivity index (χ1v) is 7.56. The van der Waals surface area contributed by atoms with Crippen molar-refractivity contribution < 1.29 is 0 Å². The minimum absolute atomic E-state index is 0.598. The third-order valence-electron chi connectivity index (χ3n) is 3.54. The zero-order valence-corrected chi connectivity index (χ0v) is 11.4. The second-order valence-corrected chi connectivity index (χ2v) is 6.16. The SMILES string of the molecule is Cc1ccc2nc(N)n(CC3CCSCC3)c2n1. The largest absolute Gasteiger partial charge is 0.369 e. The van der Waals surface area contributed by atoms with E-state index in [9.17, 15) is 0 Å². The van der Waals surface area contributed by atoms with Gasteiger partial charge >= 0.3 is 0 Å². The highest BCUT2D eigenvalue weighted by molar-refractivity contribution is 7.99. The van der Waals surface area contributed by atoms with E-state index in [0.29, 0.717) is 11.9 Å². The van der Waals surface area contributed by atoms with Crippen LogP contribution in [0.4, 0.5) is 5.95 Å². The summed E-state index contributed by atoms with van der Waals surface area (Å²) in [5.41, 5.74) is 8.89. The fourth-order valence-electron chi connectivity index (χ4n) is 2.48. The van der Waals surface area contributed by atoms with Gasteiger partial charge in [0.15, 0.2) is 5.65 Å². The van der Waals surface area contributed by atoms with Gasteiger partial charge in [-0.25, -0.2) is 9.97 Å². The van der Waals surface area contributed by atoms with Gasteiger partial charge < -0.3 is 5.73 Å². The van der Waals surface area contributed by atoms with Crippen molar-refractivity contribution in [2.75, 3.05) is 17.2 Å². The van der Waals surface area contributed by atoms with Crippen LogP contribution in [-0.4, -0.2) is 26.0 Å². The van der Waals surface area contributed by atoms with Crippen LogP contribution >= 0.6 is 11.8 Å². The maximum atomic E-state index is 6.03. The number of nitrogen functional groups attached to an aromatic ring is 1. The number of anilines is 1. The van der Waals surface area contributed by atoms with Gasteiger partial charge in [-0.2, -0.15) is 11.8 Å². The Morgan fingerprint density at radius 1 is 1.33 bits per heavy atom. The molecule has 1 aliphatic heterocycles. The van der Waals surface area contributed by atoms with Gasteiger partial charge in [-0.1, -0.05) is 0 Å². The lowest BCUT2D eigenvalue weighted by Gasteiger charge is -2.22. The van der Waals surface area contributed by atoms with Crippen LogP contribution in [0.1, 0.15) is 18.5 Å². The molecule has 5 heteroatoms. The molecule has 3 rings (SSSR count). The molecule has 0 radical (unpaired) electrons. The normalized spacial score (nSPS) is 17.4. The molecule has 2 aromatic heterocycles. The van der Waals surface area contributed by atoms with E-state index in [2.05, 4.69) is 14.5 Å². The molecule has 2 N–H and O–H groups in total. The Hall–Kier alpha value is -1.23. The van der Waals surface area contributed by atoms with Gasteiger partial charge in [0.1, 0.15) is 5.52 Å². The zero-order chi connectivity index (χ0) is 12.5. The predicted molar refractivity (Wildman–Crippen MR) is 76.7 cm³/mol. The van der Waals surface area contributed by atoms with Crippen molar-refractivity contribution in [1.82, 2.24) is 14.5 Å². The van der Waals surface area contributed by atoms with E-state index in [1.165, 1.54) is 24.3 Å². The van der Waals surface area contributed by atoms with Crippen molar-refractivity contribution in [2.24, 2.45) is 5.92 Å². The highest BCUT2D eigenvalue weighted by atomic mass is 32.2. The molecular weight excluding hydrogens is 244 g/mol. The fourth-order valence-corrected chi connectivity index (χ4v) is 3.69. The van der Waals surface area contributed by atoms with Crippen LogP contribution in [0.15, 0.2) is 12.1 Å². The van der Waals surface area contributed by atoms with Crippen LogP contribution in [0.2, 0.25) is 0 Å². The molecule has 0 unspecified atom stereocenters. The molecular formula is C13H18N4S. The molecule has 1 fully saturated rings. The maximum Gasteiger partial charge on any atom is 0.202 e. The van der Waals surface area contributed by atoms with Crippen molar-refractivity contribution in [3.8, 4) is 0 Å². The number of pyridine rings is 1. The first-order chi connectivity index (χ1) is 8.74. The summed E-state index contributed by atoms with van der Waals surface area (Å²) in [6.07, 6.45) is 2.55. The number of aromatic nitrogens is 3. The number of thioether (sulfide) groups is 1. The number of imidazole rings is 1. The van der Waals surface area contributed by atoms with Gasteiger partial charge in [-0.3, -0.25) is 4.57 Å². The van der Waals surface area contributed by atoms with Crippen molar-refractivity contribution in [1.29, 1.82) is 0 Å². The predicted octanol–water partition coefficient (Wildman–Crippen LogP) is 2.47. The molecule has 0 aromatic carbocycles. The number of hydrogen-bond acceptors (Lipinski definition) is 4. The molecule has 0 atom stereocenters. The van der Waals surface area contributed by atoms with Crippen LogP contribution in [0.5, 0.6) is 0 Å². The van der Waals surface area contributed by atoms with E-state index in [4.69, 9.17) is 5.73 Å². The first-order valence-electron chi connectivity index (χ1n) is 6.41. The average Bonchev–Trinajstić information content (AvgIpc) is 2.67. The van der Waals surface area contributed by atoms with E-state index >= 15 is 0 Å². The Morgan fingerprint density at radius 2 is 2.11 bits per heavy atom. The lowest BCUT2D eigenvalue weighted by molar-refractivity contribution is 0.424. The highest BCUT2D eigenvalue weighted by Gasteiger charge is 2.17. The summed E-state index contributed by atoms with van der Waals surface area (Å²) in [7, 11) is 0. The van der Waals surface area contributed by atoms with E-state index in [-0.39, 0.29) is 0 Å².